The summed E-state index contributed by atoms with van der Waals surface area (Å²) in [6, 6.07) is 0. The zero-order valence-corrected chi connectivity index (χ0v) is 7.03. The number of imidazole rings is 1. The molecule has 1 aliphatic rings. The molecule has 0 atom stereocenters. The van der Waals surface area contributed by atoms with Gasteiger partial charge in [0.15, 0.2) is 0 Å². The van der Waals surface area contributed by atoms with Crippen molar-refractivity contribution in [1.82, 2.24) is 9.55 Å². The van der Waals surface area contributed by atoms with E-state index in [-0.39, 0.29) is 5.54 Å². The van der Waals surface area contributed by atoms with Gasteiger partial charge in [-0.25, -0.2) is 4.98 Å². The first-order chi connectivity index (χ1) is 5.87. The molecule has 0 aliphatic heterocycles. The SMILES string of the molecule is C#CC1(n2ccnc2)CCCC1. The van der Waals surface area contributed by atoms with Crippen LogP contribution in [-0.4, -0.2) is 9.55 Å². The Kier molecular flexibility index (Phi) is 1.65. The van der Waals surface area contributed by atoms with E-state index < -0.39 is 0 Å². The second-order valence-electron chi connectivity index (χ2n) is 3.35. The van der Waals surface area contributed by atoms with Gasteiger partial charge in [0.05, 0.1) is 6.33 Å². The van der Waals surface area contributed by atoms with Crippen molar-refractivity contribution in [2.75, 3.05) is 0 Å². The van der Waals surface area contributed by atoms with Crippen LogP contribution in [0.25, 0.3) is 0 Å². The van der Waals surface area contributed by atoms with Gasteiger partial charge in [0.1, 0.15) is 5.54 Å². The highest BCUT2D eigenvalue weighted by atomic mass is 15.1. The average molecular weight is 160 g/mol. The van der Waals surface area contributed by atoms with Crippen LogP contribution in [-0.2, 0) is 5.54 Å². The summed E-state index contributed by atoms with van der Waals surface area (Å²) in [5.41, 5.74) is -0.0590. The maximum absolute atomic E-state index is 5.56. The van der Waals surface area contributed by atoms with Crippen molar-refractivity contribution >= 4 is 0 Å². The Balaban J connectivity index is 2.36. The molecule has 0 aromatic carbocycles. The second-order valence-corrected chi connectivity index (χ2v) is 3.35. The lowest BCUT2D eigenvalue weighted by atomic mass is 9.99. The minimum atomic E-state index is -0.0590. The number of nitrogens with zero attached hydrogens (tertiary/aromatic N) is 2. The molecule has 0 bridgehead atoms. The highest BCUT2D eigenvalue weighted by Gasteiger charge is 2.32. The maximum Gasteiger partial charge on any atom is 0.106 e. The Hall–Kier alpha value is -1.23. The smallest absolute Gasteiger partial charge is 0.106 e. The number of terminal acetylenes is 1. The first kappa shape index (κ1) is 7.42. The van der Waals surface area contributed by atoms with Crippen molar-refractivity contribution in [2.45, 2.75) is 31.2 Å². The summed E-state index contributed by atoms with van der Waals surface area (Å²) in [5.74, 6) is 2.90. The fourth-order valence-electron chi connectivity index (χ4n) is 1.95. The molecule has 0 radical (unpaired) electrons. The maximum atomic E-state index is 5.56. The molecule has 0 N–H and O–H groups in total. The van der Waals surface area contributed by atoms with Crippen molar-refractivity contribution < 1.29 is 0 Å². The molecule has 1 heterocycles. The Morgan fingerprint density at radius 2 is 2.17 bits per heavy atom. The molecule has 0 amide bonds. The number of hydrogen-bond acceptors (Lipinski definition) is 1. The molecular weight excluding hydrogens is 148 g/mol. The molecule has 2 nitrogen and oxygen atoms in total. The van der Waals surface area contributed by atoms with E-state index in [1.54, 1.807) is 6.20 Å². The molecule has 2 heteroatoms. The van der Waals surface area contributed by atoms with Gasteiger partial charge >= 0.3 is 0 Å². The number of hydrogen-bond donors (Lipinski definition) is 0. The minimum Gasteiger partial charge on any atom is -0.320 e. The van der Waals surface area contributed by atoms with E-state index in [9.17, 15) is 0 Å². The summed E-state index contributed by atoms with van der Waals surface area (Å²) in [6.07, 6.45) is 15.8. The van der Waals surface area contributed by atoms with Crippen LogP contribution in [0.5, 0.6) is 0 Å². The Bertz CT molecular complexity index is 286. The summed E-state index contributed by atoms with van der Waals surface area (Å²) in [4.78, 5) is 4.03. The Morgan fingerprint density at radius 1 is 1.42 bits per heavy atom. The normalized spacial score (nSPS) is 20.6. The number of aromatic nitrogens is 2. The first-order valence-corrected chi connectivity index (χ1v) is 4.34. The van der Waals surface area contributed by atoms with Crippen LogP contribution in [0.3, 0.4) is 0 Å². The van der Waals surface area contributed by atoms with E-state index in [1.165, 1.54) is 12.8 Å². The van der Waals surface area contributed by atoms with Crippen LogP contribution >= 0.6 is 0 Å². The zero-order chi connectivity index (χ0) is 8.44. The van der Waals surface area contributed by atoms with Gasteiger partial charge in [0.2, 0.25) is 0 Å². The number of rotatable bonds is 1. The molecule has 2 rings (SSSR count). The van der Waals surface area contributed by atoms with Gasteiger partial charge in [-0.3, -0.25) is 0 Å². The summed E-state index contributed by atoms with van der Waals surface area (Å²) in [7, 11) is 0. The highest BCUT2D eigenvalue weighted by molar-refractivity contribution is 5.13. The molecule has 62 valence electrons. The molecule has 12 heavy (non-hydrogen) atoms. The lowest BCUT2D eigenvalue weighted by Crippen LogP contribution is -2.26. The Labute approximate surface area is 72.6 Å². The van der Waals surface area contributed by atoms with Crippen molar-refractivity contribution in [1.29, 1.82) is 0 Å². The van der Waals surface area contributed by atoms with E-state index in [2.05, 4.69) is 15.5 Å². The molecule has 1 aromatic rings. The van der Waals surface area contributed by atoms with E-state index >= 15 is 0 Å². The van der Waals surface area contributed by atoms with E-state index in [0.717, 1.165) is 12.8 Å². The molecule has 1 aromatic heterocycles. The third kappa shape index (κ3) is 0.937. The van der Waals surface area contributed by atoms with Crippen molar-refractivity contribution in [3.05, 3.63) is 18.7 Å². The van der Waals surface area contributed by atoms with E-state index in [0.29, 0.717) is 0 Å². The topological polar surface area (TPSA) is 17.8 Å². The van der Waals surface area contributed by atoms with Crippen LogP contribution in [0.2, 0.25) is 0 Å². The van der Waals surface area contributed by atoms with Crippen LogP contribution in [0.1, 0.15) is 25.7 Å². The average Bonchev–Trinajstić information content (AvgIpc) is 2.76. The molecule has 1 saturated carbocycles. The third-order valence-electron chi connectivity index (χ3n) is 2.70. The largest absolute Gasteiger partial charge is 0.320 e. The Morgan fingerprint density at radius 3 is 2.67 bits per heavy atom. The minimum absolute atomic E-state index is 0.0590. The van der Waals surface area contributed by atoms with Gasteiger partial charge in [-0.2, -0.15) is 0 Å². The van der Waals surface area contributed by atoms with Crippen molar-refractivity contribution in [3.63, 3.8) is 0 Å². The van der Waals surface area contributed by atoms with Gasteiger partial charge in [0, 0.05) is 12.4 Å². The van der Waals surface area contributed by atoms with Gasteiger partial charge < -0.3 is 4.57 Å². The highest BCUT2D eigenvalue weighted by Crippen LogP contribution is 2.35. The molecule has 1 aliphatic carbocycles. The summed E-state index contributed by atoms with van der Waals surface area (Å²) < 4.78 is 2.07. The van der Waals surface area contributed by atoms with Gasteiger partial charge in [-0.15, -0.1) is 6.42 Å². The molecular formula is C10H12N2. The molecule has 1 fully saturated rings. The predicted octanol–water partition coefficient (Wildman–Crippen LogP) is 1.79. The fraction of sp³-hybridized carbons (Fsp3) is 0.500. The van der Waals surface area contributed by atoms with E-state index in [4.69, 9.17) is 6.42 Å². The quantitative estimate of drug-likeness (QED) is 0.573. The molecule has 0 unspecified atom stereocenters. The summed E-state index contributed by atoms with van der Waals surface area (Å²) in [6.45, 7) is 0. The fourth-order valence-corrected chi connectivity index (χ4v) is 1.95. The summed E-state index contributed by atoms with van der Waals surface area (Å²) >= 11 is 0. The van der Waals surface area contributed by atoms with Gasteiger partial charge in [-0.05, 0) is 25.7 Å². The third-order valence-corrected chi connectivity index (χ3v) is 2.70. The molecule has 0 spiro atoms. The summed E-state index contributed by atoms with van der Waals surface area (Å²) in [5, 5.41) is 0. The zero-order valence-electron chi connectivity index (χ0n) is 7.03. The lowest BCUT2D eigenvalue weighted by molar-refractivity contribution is 0.400. The van der Waals surface area contributed by atoms with Crippen LogP contribution in [0.15, 0.2) is 18.7 Å². The first-order valence-electron chi connectivity index (χ1n) is 4.34. The monoisotopic (exact) mass is 160 g/mol. The predicted molar refractivity (Wildman–Crippen MR) is 47.5 cm³/mol. The van der Waals surface area contributed by atoms with E-state index in [1.807, 2.05) is 12.5 Å². The lowest BCUT2D eigenvalue weighted by Gasteiger charge is -2.23. The van der Waals surface area contributed by atoms with Crippen molar-refractivity contribution in [3.8, 4) is 12.3 Å². The molecule has 0 saturated heterocycles. The van der Waals surface area contributed by atoms with Crippen molar-refractivity contribution in [2.24, 2.45) is 0 Å². The standard InChI is InChI=1S/C10H12N2/c1-2-10(5-3-4-6-10)12-8-7-11-9-12/h1,7-9H,3-6H2. The van der Waals surface area contributed by atoms with Crippen LogP contribution in [0, 0.1) is 12.3 Å². The van der Waals surface area contributed by atoms with Crippen LogP contribution in [0.4, 0.5) is 0 Å². The van der Waals surface area contributed by atoms with Gasteiger partial charge in [0.25, 0.3) is 0 Å². The van der Waals surface area contributed by atoms with Gasteiger partial charge in [-0.1, -0.05) is 5.92 Å². The van der Waals surface area contributed by atoms with Crippen LogP contribution < -0.4 is 0 Å². The second kappa shape index (κ2) is 2.67.